The molecule has 0 aliphatic heterocycles. The van der Waals surface area contributed by atoms with E-state index in [1.807, 2.05) is 0 Å². The zero-order chi connectivity index (χ0) is 27.9. The van der Waals surface area contributed by atoms with E-state index in [0.717, 1.165) is 12.8 Å². The van der Waals surface area contributed by atoms with Gasteiger partial charge < -0.3 is 26.6 Å². The SMILES string of the molecule is CCCCCCCC/C=C\CCCCCCCC(=O)O.CCCC[N+](CCCC)(CCCC)CCCC.[Br-]. The molecule has 0 saturated carbocycles. The van der Waals surface area contributed by atoms with Crippen LogP contribution in [0.4, 0.5) is 0 Å². The van der Waals surface area contributed by atoms with E-state index in [1.54, 1.807) is 0 Å². The van der Waals surface area contributed by atoms with Gasteiger partial charge in [-0.15, -0.1) is 0 Å². The van der Waals surface area contributed by atoms with E-state index in [2.05, 4.69) is 46.8 Å². The highest BCUT2D eigenvalue weighted by Crippen LogP contribution is 2.16. The van der Waals surface area contributed by atoms with Gasteiger partial charge in [0.2, 0.25) is 0 Å². The molecule has 0 aromatic heterocycles. The average molecular weight is 605 g/mol. The summed E-state index contributed by atoms with van der Waals surface area (Å²) in [5.74, 6) is -0.664. The molecule has 0 spiro atoms. The molecule has 0 bridgehead atoms. The molecular formula is C34H70BrNO2. The van der Waals surface area contributed by atoms with E-state index < -0.39 is 5.97 Å². The van der Waals surface area contributed by atoms with Crippen LogP contribution in [0.1, 0.15) is 176 Å². The number of allylic oxidation sites excluding steroid dienone is 2. The van der Waals surface area contributed by atoms with Gasteiger partial charge in [0.1, 0.15) is 0 Å². The summed E-state index contributed by atoms with van der Waals surface area (Å²) in [5, 5.41) is 8.51. The molecule has 4 heteroatoms. The normalized spacial score (nSPS) is 11.3. The molecule has 0 rings (SSSR count). The third-order valence-corrected chi connectivity index (χ3v) is 7.60. The summed E-state index contributed by atoms with van der Waals surface area (Å²) in [6.45, 7) is 17.3. The molecule has 230 valence electrons. The van der Waals surface area contributed by atoms with Gasteiger partial charge in [0.05, 0.1) is 26.2 Å². The van der Waals surface area contributed by atoms with Crippen LogP contribution in [-0.2, 0) is 4.79 Å². The standard InChI is InChI=1S/C18H34O2.C16H36N.BrH/c1-2-3-4-5-6-7-8-9-10-11-12-13-14-15-16-17-18(19)20;1-5-9-13-17(14-10-6-2,15-11-7-3)16-12-8-4;/h9-10H,2-8,11-17H2,1H3,(H,19,20);5-16H2,1-4H3;1H/q;+1;/p-1/b10-9-;;. The van der Waals surface area contributed by atoms with Crippen molar-refractivity contribution in [2.75, 3.05) is 26.2 Å². The quantitative estimate of drug-likeness (QED) is 0.0584. The van der Waals surface area contributed by atoms with Crippen molar-refractivity contribution in [3.05, 3.63) is 12.2 Å². The fraction of sp³-hybridized carbons (Fsp3) is 0.912. The Morgan fingerprint density at radius 1 is 0.500 bits per heavy atom. The van der Waals surface area contributed by atoms with Crippen LogP contribution in [-0.4, -0.2) is 41.7 Å². The molecule has 0 unspecified atom stereocenters. The largest absolute Gasteiger partial charge is 1.00 e. The number of nitrogens with zero attached hydrogens (tertiary/aromatic N) is 1. The van der Waals surface area contributed by atoms with E-state index in [0.29, 0.717) is 6.42 Å². The maximum Gasteiger partial charge on any atom is 0.303 e. The van der Waals surface area contributed by atoms with Gasteiger partial charge in [-0.05, 0) is 57.8 Å². The lowest BCUT2D eigenvalue weighted by atomic mass is 10.1. The van der Waals surface area contributed by atoms with Gasteiger partial charge in [0.25, 0.3) is 0 Å². The molecular weight excluding hydrogens is 534 g/mol. The highest BCUT2D eigenvalue weighted by Gasteiger charge is 2.24. The summed E-state index contributed by atoms with van der Waals surface area (Å²) >= 11 is 0. The molecule has 0 aliphatic rings. The van der Waals surface area contributed by atoms with Crippen LogP contribution in [0.3, 0.4) is 0 Å². The smallest absolute Gasteiger partial charge is 0.303 e. The number of aliphatic carboxylic acids is 1. The van der Waals surface area contributed by atoms with Gasteiger partial charge in [0, 0.05) is 6.42 Å². The van der Waals surface area contributed by atoms with Crippen LogP contribution in [0.2, 0.25) is 0 Å². The Hall–Kier alpha value is -0.350. The molecule has 0 saturated heterocycles. The molecule has 0 aromatic carbocycles. The predicted molar refractivity (Wildman–Crippen MR) is 166 cm³/mol. The Labute approximate surface area is 251 Å². The van der Waals surface area contributed by atoms with Gasteiger partial charge in [0.15, 0.2) is 0 Å². The Morgan fingerprint density at radius 2 is 0.816 bits per heavy atom. The zero-order valence-electron chi connectivity index (χ0n) is 26.7. The van der Waals surface area contributed by atoms with Crippen molar-refractivity contribution in [2.45, 2.75) is 176 Å². The zero-order valence-corrected chi connectivity index (χ0v) is 28.3. The average Bonchev–Trinajstić information content (AvgIpc) is 2.90. The van der Waals surface area contributed by atoms with Crippen LogP contribution in [0.25, 0.3) is 0 Å². The number of hydrogen-bond donors (Lipinski definition) is 1. The maximum atomic E-state index is 10.3. The van der Waals surface area contributed by atoms with E-state index in [1.165, 1.54) is 153 Å². The molecule has 0 atom stereocenters. The molecule has 0 fully saturated rings. The number of halogens is 1. The number of hydrogen-bond acceptors (Lipinski definition) is 1. The van der Waals surface area contributed by atoms with E-state index in [9.17, 15) is 4.79 Å². The number of carboxylic acids is 1. The van der Waals surface area contributed by atoms with Gasteiger partial charge in [-0.2, -0.15) is 0 Å². The summed E-state index contributed by atoms with van der Waals surface area (Å²) < 4.78 is 1.42. The van der Waals surface area contributed by atoms with Gasteiger partial charge in [-0.1, -0.05) is 124 Å². The molecule has 38 heavy (non-hydrogen) atoms. The van der Waals surface area contributed by atoms with E-state index in [4.69, 9.17) is 5.11 Å². The highest BCUT2D eigenvalue weighted by atomic mass is 79.9. The molecule has 0 amide bonds. The van der Waals surface area contributed by atoms with Gasteiger partial charge in [-0.3, -0.25) is 4.79 Å². The Balaban J connectivity index is -0.000000636. The van der Waals surface area contributed by atoms with Crippen LogP contribution in [0.5, 0.6) is 0 Å². The van der Waals surface area contributed by atoms with Crippen LogP contribution in [0, 0.1) is 0 Å². The van der Waals surface area contributed by atoms with Crippen LogP contribution in [0.15, 0.2) is 12.2 Å². The third kappa shape index (κ3) is 31.9. The first-order valence-electron chi connectivity index (χ1n) is 16.7. The fourth-order valence-electron chi connectivity index (χ4n) is 4.99. The molecule has 1 N–H and O–H groups in total. The lowest BCUT2D eigenvalue weighted by molar-refractivity contribution is -0.929. The van der Waals surface area contributed by atoms with Crippen molar-refractivity contribution in [3.8, 4) is 0 Å². The second-order valence-electron chi connectivity index (χ2n) is 11.4. The molecule has 0 radical (unpaired) electrons. The first-order valence-corrected chi connectivity index (χ1v) is 16.7. The predicted octanol–water partition coefficient (Wildman–Crippen LogP) is 8.12. The minimum absolute atomic E-state index is 0. The lowest BCUT2D eigenvalue weighted by Gasteiger charge is -2.39. The van der Waals surface area contributed by atoms with Crippen molar-refractivity contribution >= 4 is 5.97 Å². The molecule has 0 heterocycles. The van der Waals surface area contributed by atoms with Crippen molar-refractivity contribution in [1.82, 2.24) is 0 Å². The Morgan fingerprint density at radius 3 is 1.16 bits per heavy atom. The summed E-state index contributed by atoms with van der Waals surface area (Å²) in [6.07, 6.45) is 32.3. The summed E-state index contributed by atoms with van der Waals surface area (Å²) in [6, 6.07) is 0. The number of unbranched alkanes of at least 4 members (excludes halogenated alkanes) is 15. The molecule has 3 nitrogen and oxygen atoms in total. The van der Waals surface area contributed by atoms with Crippen molar-refractivity contribution in [1.29, 1.82) is 0 Å². The second kappa shape index (κ2) is 34.7. The molecule has 0 aliphatic carbocycles. The van der Waals surface area contributed by atoms with E-state index in [-0.39, 0.29) is 17.0 Å². The van der Waals surface area contributed by atoms with Crippen LogP contribution < -0.4 is 17.0 Å². The Kier molecular flexibility index (Phi) is 38.4. The number of rotatable bonds is 27. The van der Waals surface area contributed by atoms with Crippen LogP contribution >= 0.6 is 0 Å². The van der Waals surface area contributed by atoms with Crippen molar-refractivity contribution in [3.63, 3.8) is 0 Å². The number of quaternary nitrogens is 1. The highest BCUT2D eigenvalue weighted by molar-refractivity contribution is 5.66. The maximum absolute atomic E-state index is 10.3. The van der Waals surface area contributed by atoms with Gasteiger partial charge >= 0.3 is 5.97 Å². The third-order valence-electron chi connectivity index (χ3n) is 7.60. The summed E-state index contributed by atoms with van der Waals surface area (Å²) in [4.78, 5) is 10.3. The monoisotopic (exact) mass is 603 g/mol. The Bertz CT molecular complexity index is 444. The van der Waals surface area contributed by atoms with Gasteiger partial charge in [-0.25, -0.2) is 0 Å². The minimum atomic E-state index is -0.664. The lowest BCUT2D eigenvalue weighted by Crippen LogP contribution is -3.00. The first-order chi connectivity index (χ1) is 18.0. The fourth-order valence-corrected chi connectivity index (χ4v) is 4.99. The summed E-state index contributed by atoms with van der Waals surface area (Å²) in [7, 11) is 0. The van der Waals surface area contributed by atoms with Crippen molar-refractivity contribution < 1.29 is 31.4 Å². The van der Waals surface area contributed by atoms with Crippen molar-refractivity contribution in [2.24, 2.45) is 0 Å². The number of carboxylic acid groups (broad SMARTS) is 1. The topological polar surface area (TPSA) is 37.3 Å². The first kappa shape index (κ1) is 42.1. The number of carbonyl (C=O) groups is 1. The molecule has 0 aromatic rings. The minimum Gasteiger partial charge on any atom is -1.00 e. The summed E-state index contributed by atoms with van der Waals surface area (Å²) in [5.41, 5.74) is 0. The second-order valence-corrected chi connectivity index (χ2v) is 11.4. The van der Waals surface area contributed by atoms with E-state index >= 15 is 0 Å².